The summed E-state index contributed by atoms with van der Waals surface area (Å²) in [5.74, 6) is -1.93. The fourth-order valence-corrected chi connectivity index (χ4v) is 3.00. The Bertz CT molecular complexity index is 1070. The molecule has 0 aliphatic heterocycles. The molecule has 0 saturated heterocycles. The van der Waals surface area contributed by atoms with Crippen LogP contribution in [0.15, 0.2) is 78.9 Å². The molecule has 0 heterocycles. The Morgan fingerprint density at radius 3 is 2.06 bits per heavy atom. The van der Waals surface area contributed by atoms with Crippen LogP contribution in [0.5, 0.6) is 5.75 Å². The zero-order valence-corrected chi connectivity index (χ0v) is 20.0. The van der Waals surface area contributed by atoms with Crippen LogP contribution in [0.4, 0.5) is 4.39 Å². The lowest BCUT2D eigenvalue weighted by atomic mass is 9.97. The maximum Gasteiger partial charge on any atom is 0.338 e. The summed E-state index contributed by atoms with van der Waals surface area (Å²) in [7, 11) is 0. The predicted molar refractivity (Wildman–Crippen MR) is 131 cm³/mol. The monoisotopic (exact) mass is 466 g/mol. The summed E-state index contributed by atoms with van der Waals surface area (Å²) in [4.78, 5) is 23.4. The molecule has 0 aliphatic carbocycles. The van der Waals surface area contributed by atoms with Gasteiger partial charge in [0.2, 0.25) is 0 Å². The van der Waals surface area contributed by atoms with Gasteiger partial charge in [-0.05, 0) is 56.0 Å². The summed E-state index contributed by atoms with van der Waals surface area (Å²) in [6.45, 7) is 17.0. The molecule has 2 rings (SSSR count). The molecule has 0 saturated carbocycles. The van der Waals surface area contributed by atoms with E-state index >= 15 is 0 Å². The molecule has 0 bridgehead atoms. The average molecular weight is 467 g/mol. The standard InChI is InChI=1S/C28H31FO5/c1-18(2)15-32-16-22(17-33-27(30)19(3)4)13-21-7-9-23(10-8-21)24-11-12-26(25(29)14-24)34-28(31)20(5)6/h7-12,14,22H,1,3,5,13,15-17H2,2,4,6H3. The number of carbonyl (C=O) groups is 2. The number of carbonyl (C=O) groups excluding carboxylic acids is 2. The van der Waals surface area contributed by atoms with Crippen LogP contribution in [-0.2, 0) is 25.5 Å². The summed E-state index contributed by atoms with van der Waals surface area (Å²) in [6.07, 6.45) is 0.629. The summed E-state index contributed by atoms with van der Waals surface area (Å²) >= 11 is 0. The van der Waals surface area contributed by atoms with Crippen molar-refractivity contribution in [3.63, 3.8) is 0 Å². The molecule has 0 amide bonds. The van der Waals surface area contributed by atoms with Gasteiger partial charge in [0, 0.05) is 17.1 Å². The fourth-order valence-electron chi connectivity index (χ4n) is 3.00. The SMILES string of the molecule is C=C(C)COCC(COC(=O)C(=C)C)Cc1ccc(-c2ccc(OC(=O)C(=C)C)c(F)c2)cc1. The molecule has 0 radical (unpaired) electrons. The van der Waals surface area contributed by atoms with Gasteiger partial charge >= 0.3 is 11.9 Å². The Labute approximate surface area is 200 Å². The number of ether oxygens (including phenoxy) is 3. The zero-order valence-electron chi connectivity index (χ0n) is 20.0. The van der Waals surface area contributed by atoms with Crippen molar-refractivity contribution in [3.8, 4) is 16.9 Å². The minimum atomic E-state index is -0.674. The lowest BCUT2D eigenvalue weighted by Gasteiger charge is -2.18. The molecule has 0 aromatic heterocycles. The Morgan fingerprint density at radius 1 is 0.882 bits per heavy atom. The molecule has 0 N–H and O–H groups in total. The van der Waals surface area contributed by atoms with E-state index in [0.29, 0.717) is 30.8 Å². The molecule has 6 heteroatoms. The molecule has 0 fully saturated rings. The average Bonchev–Trinajstić information content (AvgIpc) is 2.78. The molecule has 1 unspecified atom stereocenters. The van der Waals surface area contributed by atoms with Gasteiger partial charge < -0.3 is 14.2 Å². The second kappa shape index (κ2) is 12.7. The van der Waals surface area contributed by atoms with Gasteiger partial charge in [0.1, 0.15) is 0 Å². The highest BCUT2D eigenvalue weighted by Gasteiger charge is 2.15. The molecular weight excluding hydrogens is 435 g/mol. The van der Waals surface area contributed by atoms with Crippen LogP contribution < -0.4 is 4.74 Å². The second-order valence-electron chi connectivity index (χ2n) is 8.43. The third kappa shape index (κ3) is 8.45. The third-order valence-electron chi connectivity index (χ3n) is 4.80. The van der Waals surface area contributed by atoms with E-state index in [-0.39, 0.29) is 23.8 Å². The van der Waals surface area contributed by atoms with E-state index in [4.69, 9.17) is 14.2 Å². The maximum absolute atomic E-state index is 14.4. The van der Waals surface area contributed by atoms with Crippen molar-refractivity contribution < 1.29 is 28.2 Å². The maximum atomic E-state index is 14.4. The van der Waals surface area contributed by atoms with E-state index in [1.165, 1.54) is 19.1 Å². The molecule has 0 aliphatic rings. The summed E-state index contributed by atoms with van der Waals surface area (Å²) in [5, 5.41) is 0. The zero-order chi connectivity index (χ0) is 25.3. The first-order valence-electron chi connectivity index (χ1n) is 10.9. The Balaban J connectivity index is 2.08. The van der Waals surface area contributed by atoms with Crippen molar-refractivity contribution in [1.29, 1.82) is 0 Å². The number of hydrogen-bond donors (Lipinski definition) is 0. The smallest absolute Gasteiger partial charge is 0.338 e. The van der Waals surface area contributed by atoms with Crippen LogP contribution >= 0.6 is 0 Å². The number of rotatable bonds is 12. The van der Waals surface area contributed by atoms with Gasteiger partial charge in [-0.3, -0.25) is 0 Å². The Hall–Kier alpha value is -3.51. The number of hydrogen-bond acceptors (Lipinski definition) is 5. The molecule has 34 heavy (non-hydrogen) atoms. The largest absolute Gasteiger partial charge is 0.462 e. The van der Waals surface area contributed by atoms with Crippen LogP contribution in [0.3, 0.4) is 0 Å². The first kappa shape index (κ1) is 26.7. The van der Waals surface area contributed by atoms with Crippen molar-refractivity contribution in [2.45, 2.75) is 27.2 Å². The second-order valence-corrected chi connectivity index (χ2v) is 8.43. The quantitative estimate of drug-likeness (QED) is 0.170. The molecule has 5 nitrogen and oxygen atoms in total. The summed E-state index contributed by atoms with van der Waals surface area (Å²) < 4.78 is 30.4. The summed E-state index contributed by atoms with van der Waals surface area (Å²) in [6, 6.07) is 12.1. The number of halogens is 1. The van der Waals surface area contributed by atoms with Crippen molar-refractivity contribution in [1.82, 2.24) is 0 Å². The minimum Gasteiger partial charge on any atom is -0.462 e. The van der Waals surface area contributed by atoms with E-state index in [2.05, 4.69) is 19.7 Å². The van der Waals surface area contributed by atoms with Crippen LogP contribution in [0.1, 0.15) is 26.3 Å². The van der Waals surface area contributed by atoms with E-state index in [1.54, 1.807) is 13.0 Å². The summed E-state index contributed by atoms with van der Waals surface area (Å²) in [5.41, 5.74) is 3.93. The fraction of sp³-hybridized carbons (Fsp3) is 0.286. The van der Waals surface area contributed by atoms with Gasteiger partial charge in [-0.15, -0.1) is 0 Å². The van der Waals surface area contributed by atoms with Crippen molar-refractivity contribution in [3.05, 3.63) is 90.3 Å². The molecular formula is C28H31FO5. The number of benzene rings is 2. The van der Waals surface area contributed by atoms with Gasteiger partial charge in [0.25, 0.3) is 0 Å². The number of esters is 2. The first-order chi connectivity index (χ1) is 16.1. The van der Waals surface area contributed by atoms with Crippen LogP contribution in [0, 0.1) is 11.7 Å². The van der Waals surface area contributed by atoms with Gasteiger partial charge in [0.15, 0.2) is 11.6 Å². The van der Waals surface area contributed by atoms with Crippen LogP contribution in [0.2, 0.25) is 0 Å². The lowest BCUT2D eigenvalue weighted by molar-refractivity contribution is -0.140. The molecule has 2 aromatic rings. The highest BCUT2D eigenvalue weighted by atomic mass is 19.1. The highest BCUT2D eigenvalue weighted by Crippen LogP contribution is 2.27. The van der Waals surface area contributed by atoms with Crippen molar-refractivity contribution in [2.75, 3.05) is 19.8 Å². The van der Waals surface area contributed by atoms with Gasteiger partial charge in [-0.1, -0.05) is 55.6 Å². The lowest BCUT2D eigenvalue weighted by Crippen LogP contribution is -2.21. The van der Waals surface area contributed by atoms with E-state index < -0.39 is 17.8 Å². The minimum absolute atomic E-state index is 0.0479. The van der Waals surface area contributed by atoms with Gasteiger partial charge in [-0.25, -0.2) is 14.0 Å². The third-order valence-corrected chi connectivity index (χ3v) is 4.80. The van der Waals surface area contributed by atoms with E-state index in [9.17, 15) is 14.0 Å². The van der Waals surface area contributed by atoms with E-state index in [0.717, 1.165) is 16.7 Å². The van der Waals surface area contributed by atoms with Crippen LogP contribution in [0.25, 0.3) is 11.1 Å². The normalized spacial score (nSPS) is 11.4. The molecule has 2 aromatic carbocycles. The Kier molecular flexibility index (Phi) is 9.95. The Morgan fingerprint density at radius 2 is 1.50 bits per heavy atom. The van der Waals surface area contributed by atoms with E-state index in [1.807, 2.05) is 31.2 Å². The topological polar surface area (TPSA) is 61.8 Å². The van der Waals surface area contributed by atoms with Crippen molar-refractivity contribution >= 4 is 11.9 Å². The van der Waals surface area contributed by atoms with Crippen molar-refractivity contribution in [2.24, 2.45) is 5.92 Å². The molecule has 1 atom stereocenters. The molecule has 0 spiro atoms. The van der Waals surface area contributed by atoms with Crippen LogP contribution in [-0.4, -0.2) is 31.8 Å². The highest BCUT2D eigenvalue weighted by molar-refractivity contribution is 5.89. The molecule has 180 valence electrons. The first-order valence-corrected chi connectivity index (χ1v) is 10.9. The van der Waals surface area contributed by atoms with Gasteiger partial charge in [-0.2, -0.15) is 0 Å². The van der Waals surface area contributed by atoms with Gasteiger partial charge in [0.05, 0.1) is 19.8 Å². The predicted octanol–water partition coefficient (Wildman–Crippen LogP) is 5.84.